The van der Waals surface area contributed by atoms with Crippen LogP contribution in [-0.2, 0) is 9.53 Å². The van der Waals surface area contributed by atoms with E-state index in [0.29, 0.717) is 19.1 Å². The lowest BCUT2D eigenvalue weighted by Gasteiger charge is -2.42. The first kappa shape index (κ1) is 10.5. The van der Waals surface area contributed by atoms with Gasteiger partial charge in [0.2, 0.25) is 0 Å². The van der Waals surface area contributed by atoms with Gasteiger partial charge in [-0.25, -0.2) is 0 Å². The van der Waals surface area contributed by atoms with E-state index in [1.807, 2.05) is 6.92 Å². The lowest BCUT2D eigenvalue weighted by atomic mass is 9.97. The van der Waals surface area contributed by atoms with Crippen LogP contribution in [0.25, 0.3) is 0 Å². The van der Waals surface area contributed by atoms with Gasteiger partial charge in [0.05, 0.1) is 12.0 Å². The summed E-state index contributed by atoms with van der Waals surface area (Å²) in [6.45, 7) is 5.37. The Kier molecular flexibility index (Phi) is 3.27. The Bertz CT molecular complexity index is 189. The highest BCUT2D eigenvalue weighted by Gasteiger charge is 2.36. The molecule has 2 atom stereocenters. The maximum absolute atomic E-state index is 10.5. The first-order chi connectivity index (χ1) is 6.06. The lowest BCUT2D eigenvalue weighted by Crippen LogP contribution is -2.56. The topological polar surface area (TPSA) is 49.8 Å². The summed E-state index contributed by atoms with van der Waals surface area (Å²) in [6.07, 6.45) is 0.162. The van der Waals surface area contributed by atoms with Crippen LogP contribution >= 0.6 is 0 Å². The average molecular weight is 187 g/mol. The molecule has 76 valence electrons. The van der Waals surface area contributed by atoms with Crippen LogP contribution in [-0.4, -0.2) is 48.3 Å². The molecule has 1 aliphatic heterocycles. The number of ether oxygens (including phenoxy) is 1. The molecule has 4 nitrogen and oxygen atoms in total. The monoisotopic (exact) mass is 187 g/mol. The van der Waals surface area contributed by atoms with Gasteiger partial charge in [-0.05, 0) is 13.8 Å². The molecule has 2 unspecified atom stereocenters. The van der Waals surface area contributed by atoms with Crippen LogP contribution in [0.2, 0.25) is 0 Å². The standard InChI is InChI=1S/C9H17NO3/c1-6(7(2)13-3)10-4-8(5-10)9(11)12/h6-8H,4-5H2,1-3H3,(H,11,12). The summed E-state index contributed by atoms with van der Waals surface area (Å²) in [6, 6.07) is 0.306. The molecule has 1 fully saturated rings. The molecule has 13 heavy (non-hydrogen) atoms. The predicted molar refractivity (Wildman–Crippen MR) is 48.6 cm³/mol. The van der Waals surface area contributed by atoms with Crippen molar-refractivity contribution in [3.8, 4) is 0 Å². The largest absolute Gasteiger partial charge is 0.481 e. The fraction of sp³-hybridized carbons (Fsp3) is 0.889. The first-order valence-corrected chi connectivity index (χ1v) is 4.56. The highest BCUT2D eigenvalue weighted by atomic mass is 16.5. The highest BCUT2D eigenvalue weighted by molar-refractivity contribution is 5.71. The Morgan fingerprint density at radius 2 is 2.08 bits per heavy atom. The summed E-state index contributed by atoms with van der Waals surface area (Å²) in [7, 11) is 1.68. The normalized spacial score (nSPS) is 23.6. The van der Waals surface area contributed by atoms with E-state index in [-0.39, 0.29) is 12.0 Å². The van der Waals surface area contributed by atoms with Gasteiger partial charge in [-0.15, -0.1) is 0 Å². The Labute approximate surface area is 78.5 Å². The van der Waals surface area contributed by atoms with Crippen molar-refractivity contribution in [3.63, 3.8) is 0 Å². The second-order valence-corrected chi connectivity index (χ2v) is 3.67. The molecule has 0 bridgehead atoms. The summed E-state index contributed by atoms with van der Waals surface area (Å²) in [5.74, 6) is -0.861. The van der Waals surface area contributed by atoms with Crippen molar-refractivity contribution in [3.05, 3.63) is 0 Å². The van der Waals surface area contributed by atoms with E-state index in [0.717, 1.165) is 0 Å². The summed E-state index contributed by atoms with van der Waals surface area (Å²) in [5.41, 5.74) is 0. The van der Waals surface area contributed by atoms with E-state index in [2.05, 4.69) is 11.8 Å². The SMILES string of the molecule is COC(C)C(C)N1CC(C(=O)O)C1. The number of hydrogen-bond acceptors (Lipinski definition) is 3. The van der Waals surface area contributed by atoms with Gasteiger partial charge in [0, 0.05) is 26.2 Å². The van der Waals surface area contributed by atoms with E-state index in [1.54, 1.807) is 7.11 Å². The third-order valence-electron chi connectivity index (χ3n) is 2.89. The van der Waals surface area contributed by atoms with Gasteiger partial charge in [-0.3, -0.25) is 9.69 Å². The molecule has 1 saturated heterocycles. The second kappa shape index (κ2) is 4.07. The quantitative estimate of drug-likeness (QED) is 0.693. The van der Waals surface area contributed by atoms with Crippen LogP contribution in [0.4, 0.5) is 0 Å². The minimum absolute atomic E-state index is 0.162. The third-order valence-corrected chi connectivity index (χ3v) is 2.89. The predicted octanol–water partition coefficient (Wildman–Crippen LogP) is 0.426. The first-order valence-electron chi connectivity index (χ1n) is 4.56. The molecular formula is C9H17NO3. The van der Waals surface area contributed by atoms with E-state index in [9.17, 15) is 4.79 Å². The highest BCUT2D eigenvalue weighted by Crippen LogP contribution is 2.20. The zero-order valence-electron chi connectivity index (χ0n) is 8.36. The van der Waals surface area contributed by atoms with Crippen LogP contribution in [0.5, 0.6) is 0 Å². The minimum atomic E-state index is -0.687. The van der Waals surface area contributed by atoms with Crippen LogP contribution in [0, 0.1) is 5.92 Å². The van der Waals surface area contributed by atoms with Gasteiger partial charge in [-0.1, -0.05) is 0 Å². The van der Waals surface area contributed by atoms with Gasteiger partial charge < -0.3 is 9.84 Å². The van der Waals surface area contributed by atoms with Gasteiger partial charge in [0.1, 0.15) is 0 Å². The molecular weight excluding hydrogens is 170 g/mol. The van der Waals surface area contributed by atoms with Gasteiger partial charge >= 0.3 is 5.97 Å². The maximum atomic E-state index is 10.5. The third kappa shape index (κ3) is 2.19. The molecule has 1 rings (SSSR count). The van der Waals surface area contributed by atoms with E-state index >= 15 is 0 Å². The van der Waals surface area contributed by atoms with Crippen LogP contribution in [0.1, 0.15) is 13.8 Å². The fourth-order valence-corrected chi connectivity index (χ4v) is 1.50. The number of nitrogens with zero attached hydrogens (tertiary/aromatic N) is 1. The van der Waals surface area contributed by atoms with Crippen LogP contribution in [0.15, 0.2) is 0 Å². The number of carboxylic acid groups (broad SMARTS) is 1. The molecule has 0 radical (unpaired) electrons. The van der Waals surface area contributed by atoms with Gasteiger partial charge in [-0.2, -0.15) is 0 Å². The molecule has 4 heteroatoms. The van der Waals surface area contributed by atoms with Crippen molar-refractivity contribution in [1.82, 2.24) is 4.90 Å². The van der Waals surface area contributed by atoms with E-state index in [1.165, 1.54) is 0 Å². The van der Waals surface area contributed by atoms with Crippen LogP contribution in [0.3, 0.4) is 0 Å². The average Bonchev–Trinajstić information content (AvgIpc) is 1.99. The summed E-state index contributed by atoms with van der Waals surface area (Å²) in [4.78, 5) is 12.7. The number of methoxy groups -OCH3 is 1. The maximum Gasteiger partial charge on any atom is 0.309 e. The number of likely N-dealkylation sites (tertiary alicyclic amines) is 1. The number of hydrogen-bond donors (Lipinski definition) is 1. The zero-order valence-corrected chi connectivity index (χ0v) is 8.36. The van der Waals surface area contributed by atoms with Crippen molar-refractivity contribution in [1.29, 1.82) is 0 Å². The van der Waals surface area contributed by atoms with Crippen molar-refractivity contribution < 1.29 is 14.6 Å². The van der Waals surface area contributed by atoms with Crippen molar-refractivity contribution in [2.75, 3.05) is 20.2 Å². The summed E-state index contributed by atoms with van der Waals surface area (Å²) < 4.78 is 5.18. The van der Waals surface area contributed by atoms with E-state index < -0.39 is 5.97 Å². The fourth-order valence-electron chi connectivity index (χ4n) is 1.50. The van der Waals surface area contributed by atoms with Crippen molar-refractivity contribution in [2.24, 2.45) is 5.92 Å². The number of aliphatic carboxylic acids is 1. The Morgan fingerprint density at radius 1 is 1.54 bits per heavy atom. The number of carbonyl (C=O) groups is 1. The molecule has 0 spiro atoms. The lowest BCUT2D eigenvalue weighted by molar-refractivity contribution is -0.150. The molecule has 1 aliphatic rings. The molecule has 0 aliphatic carbocycles. The van der Waals surface area contributed by atoms with Gasteiger partial charge in [0.25, 0.3) is 0 Å². The molecule has 0 aromatic rings. The van der Waals surface area contributed by atoms with Crippen molar-refractivity contribution >= 4 is 5.97 Å². The zero-order chi connectivity index (χ0) is 10.0. The molecule has 0 amide bonds. The van der Waals surface area contributed by atoms with Crippen LogP contribution < -0.4 is 0 Å². The smallest absolute Gasteiger partial charge is 0.309 e. The summed E-state index contributed by atoms with van der Waals surface area (Å²) in [5, 5.41) is 8.67. The Balaban J connectivity index is 2.30. The molecule has 0 aromatic carbocycles. The Hall–Kier alpha value is -0.610. The molecule has 0 aromatic heterocycles. The molecule has 0 saturated carbocycles. The summed E-state index contributed by atoms with van der Waals surface area (Å²) >= 11 is 0. The molecule has 1 heterocycles. The minimum Gasteiger partial charge on any atom is -0.481 e. The second-order valence-electron chi connectivity index (χ2n) is 3.67. The number of rotatable bonds is 4. The van der Waals surface area contributed by atoms with Crippen molar-refractivity contribution in [2.45, 2.75) is 26.0 Å². The van der Waals surface area contributed by atoms with E-state index in [4.69, 9.17) is 9.84 Å². The number of carboxylic acids is 1. The molecule has 1 N–H and O–H groups in total. The van der Waals surface area contributed by atoms with Gasteiger partial charge in [0.15, 0.2) is 0 Å². The Morgan fingerprint density at radius 3 is 2.46 bits per heavy atom.